The fourth-order valence-corrected chi connectivity index (χ4v) is 10.7. The van der Waals surface area contributed by atoms with Gasteiger partial charge in [-0.2, -0.15) is 0 Å². The smallest absolute Gasteiger partial charge is 0.247 e. The Morgan fingerprint density at radius 1 is 1.15 bits per heavy atom. The molecule has 2 bridgehead atoms. The van der Waals surface area contributed by atoms with Crippen molar-refractivity contribution in [1.29, 1.82) is 0 Å². The first-order valence-electron chi connectivity index (χ1n) is 15.6. The number of hydrogen-bond acceptors (Lipinski definition) is 5. The zero-order valence-electron chi connectivity index (χ0n) is 25.1. The molecule has 4 aliphatic rings. The van der Waals surface area contributed by atoms with Crippen LogP contribution in [0.4, 0.5) is 0 Å². The largest absolute Gasteiger partial charge is 0.394 e. The van der Waals surface area contributed by atoms with Gasteiger partial charge in [0.1, 0.15) is 6.04 Å². The van der Waals surface area contributed by atoms with Crippen molar-refractivity contribution in [2.75, 3.05) is 26.2 Å². The number of amides is 3. The maximum atomic E-state index is 14.9. The van der Waals surface area contributed by atoms with Crippen molar-refractivity contribution in [3.05, 3.63) is 25.3 Å². The Morgan fingerprint density at radius 2 is 1.82 bits per heavy atom. The molecule has 7 nitrogen and oxygen atoms in total. The van der Waals surface area contributed by atoms with Crippen molar-refractivity contribution < 1.29 is 19.5 Å². The zero-order valence-corrected chi connectivity index (χ0v) is 25.9. The molecule has 1 aliphatic carbocycles. The molecule has 1 saturated carbocycles. The van der Waals surface area contributed by atoms with Crippen LogP contribution in [-0.4, -0.2) is 91.9 Å². The Bertz CT molecular complexity index is 966. The average Bonchev–Trinajstić information content (AvgIpc) is 3.53. The highest BCUT2D eigenvalue weighted by molar-refractivity contribution is 8.02. The van der Waals surface area contributed by atoms with Crippen molar-refractivity contribution in [3.8, 4) is 0 Å². The molecule has 1 N–H and O–H groups in total. The lowest BCUT2D eigenvalue weighted by molar-refractivity contribution is -0.148. The van der Waals surface area contributed by atoms with E-state index in [1.807, 2.05) is 9.80 Å². The SMILES string of the molecule is C=CCN(CCC)C(=O)[C@@H]1[C@@H]2CC(C)C3(S2)C(C(=O)N(CC=C)C2CCCCC2)N([C@@H](CO)CC(C)C)C(=O)[C@H]13. The normalized spacial score (nSPS) is 32.3. The standard InChI is InChI=1S/C32H51N3O4S/c1-7-15-33(16-8-2)29(37)26-25-19-22(6)32(40-25)27(26)30(38)35(24(20-36)18-21(4)5)28(32)31(39)34(17-9-3)23-13-11-10-12-14-23/h7,9,21-28,36H,1,3,8,10-20H2,2,4-6H3/t22?,24-,25+,26-,27+,28?,32?/m1/s1. The minimum Gasteiger partial charge on any atom is -0.394 e. The molecule has 0 radical (unpaired) electrons. The van der Waals surface area contributed by atoms with Gasteiger partial charge in [-0.25, -0.2) is 0 Å². The van der Waals surface area contributed by atoms with Gasteiger partial charge >= 0.3 is 0 Å². The van der Waals surface area contributed by atoms with Gasteiger partial charge in [-0.3, -0.25) is 14.4 Å². The van der Waals surface area contributed by atoms with E-state index in [9.17, 15) is 19.5 Å². The third kappa shape index (κ3) is 5.28. The summed E-state index contributed by atoms with van der Waals surface area (Å²) in [7, 11) is 0. The molecular formula is C32H51N3O4S. The molecule has 3 saturated heterocycles. The predicted molar refractivity (Wildman–Crippen MR) is 162 cm³/mol. The maximum absolute atomic E-state index is 14.9. The monoisotopic (exact) mass is 573 g/mol. The summed E-state index contributed by atoms with van der Waals surface area (Å²) in [5.41, 5.74) is 0. The van der Waals surface area contributed by atoms with Crippen LogP contribution in [0.2, 0.25) is 0 Å². The maximum Gasteiger partial charge on any atom is 0.247 e. The molecular weight excluding hydrogens is 522 g/mol. The summed E-state index contributed by atoms with van der Waals surface area (Å²) in [6.07, 6.45) is 11.1. The lowest BCUT2D eigenvalue weighted by Crippen LogP contribution is -2.61. The van der Waals surface area contributed by atoms with Crippen LogP contribution in [0.1, 0.15) is 79.1 Å². The topological polar surface area (TPSA) is 81.2 Å². The van der Waals surface area contributed by atoms with E-state index in [0.717, 1.165) is 38.5 Å². The van der Waals surface area contributed by atoms with Gasteiger partial charge in [0.25, 0.3) is 0 Å². The zero-order chi connectivity index (χ0) is 29.2. The second kappa shape index (κ2) is 13.0. The number of carbonyl (C=O) groups is 3. The Morgan fingerprint density at radius 3 is 2.40 bits per heavy atom. The molecule has 7 atom stereocenters. The van der Waals surface area contributed by atoms with Crippen LogP contribution in [0.3, 0.4) is 0 Å². The molecule has 3 heterocycles. The number of carbonyl (C=O) groups excluding carboxylic acids is 3. The van der Waals surface area contributed by atoms with E-state index in [4.69, 9.17) is 0 Å². The van der Waals surface area contributed by atoms with Crippen molar-refractivity contribution in [2.45, 2.75) is 107 Å². The van der Waals surface area contributed by atoms with Crippen LogP contribution < -0.4 is 0 Å². The predicted octanol–water partition coefficient (Wildman–Crippen LogP) is 4.50. The quantitative estimate of drug-likeness (QED) is 0.328. The molecule has 4 fully saturated rings. The summed E-state index contributed by atoms with van der Waals surface area (Å²) in [6.45, 7) is 17.5. The highest BCUT2D eigenvalue weighted by Gasteiger charge is 2.77. The highest BCUT2D eigenvalue weighted by atomic mass is 32.2. The molecule has 0 aromatic rings. The van der Waals surface area contributed by atoms with Crippen LogP contribution in [-0.2, 0) is 14.4 Å². The molecule has 1 spiro atoms. The van der Waals surface area contributed by atoms with Crippen molar-refractivity contribution in [1.82, 2.24) is 14.7 Å². The van der Waals surface area contributed by atoms with E-state index < -0.39 is 28.7 Å². The summed E-state index contributed by atoms with van der Waals surface area (Å²) >= 11 is 1.73. The first-order chi connectivity index (χ1) is 19.2. The summed E-state index contributed by atoms with van der Waals surface area (Å²) < 4.78 is -0.677. The third-order valence-electron chi connectivity index (χ3n) is 9.83. The van der Waals surface area contributed by atoms with E-state index >= 15 is 0 Å². The second-order valence-corrected chi connectivity index (χ2v) is 14.5. The lowest BCUT2D eigenvalue weighted by atomic mass is 9.65. The lowest BCUT2D eigenvalue weighted by Gasteiger charge is -2.44. The van der Waals surface area contributed by atoms with Crippen molar-refractivity contribution in [3.63, 3.8) is 0 Å². The molecule has 3 amide bonds. The minimum absolute atomic E-state index is 0.0123. The van der Waals surface area contributed by atoms with Crippen LogP contribution in [0.5, 0.6) is 0 Å². The van der Waals surface area contributed by atoms with Gasteiger partial charge in [0, 0.05) is 30.9 Å². The van der Waals surface area contributed by atoms with Crippen molar-refractivity contribution >= 4 is 29.5 Å². The Kier molecular flexibility index (Phi) is 10.1. The van der Waals surface area contributed by atoms with Gasteiger partial charge in [0.15, 0.2) is 0 Å². The number of thioether (sulfide) groups is 1. The van der Waals surface area contributed by atoms with Gasteiger partial charge < -0.3 is 19.8 Å². The number of likely N-dealkylation sites (tertiary alicyclic amines) is 1. The van der Waals surface area contributed by atoms with Crippen LogP contribution >= 0.6 is 11.8 Å². The fraction of sp³-hybridized carbons (Fsp3) is 0.781. The molecule has 3 aliphatic heterocycles. The van der Waals surface area contributed by atoms with E-state index in [2.05, 4.69) is 40.9 Å². The Hall–Kier alpha value is -1.80. The minimum atomic E-state index is -0.690. The number of nitrogens with zero attached hydrogens (tertiary/aromatic N) is 3. The average molecular weight is 574 g/mol. The number of aliphatic hydroxyl groups is 1. The first kappa shape index (κ1) is 31.1. The first-order valence-corrected chi connectivity index (χ1v) is 16.5. The van der Waals surface area contributed by atoms with E-state index in [-0.39, 0.29) is 47.5 Å². The fourth-order valence-electron chi connectivity index (χ4n) is 8.27. The number of rotatable bonds is 13. The number of hydrogen-bond donors (Lipinski definition) is 1. The van der Waals surface area contributed by atoms with Gasteiger partial charge in [0.2, 0.25) is 17.7 Å². The Labute approximate surface area is 245 Å². The molecule has 4 rings (SSSR count). The summed E-state index contributed by atoms with van der Waals surface area (Å²) in [6, 6.07) is -1.02. The van der Waals surface area contributed by atoms with Crippen LogP contribution in [0, 0.1) is 23.7 Å². The summed E-state index contributed by atoms with van der Waals surface area (Å²) in [5, 5.41) is 10.6. The van der Waals surface area contributed by atoms with Crippen molar-refractivity contribution in [2.24, 2.45) is 23.7 Å². The van der Waals surface area contributed by atoms with Crippen LogP contribution in [0.25, 0.3) is 0 Å². The molecule has 0 aromatic heterocycles. The third-order valence-corrected chi connectivity index (χ3v) is 11.9. The van der Waals surface area contributed by atoms with Crippen LogP contribution in [0.15, 0.2) is 25.3 Å². The molecule has 0 aromatic carbocycles. The molecule has 224 valence electrons. The highest BCUT2D eigenvalue weighted by Crippen LogP contribution is 2.69. The van der Waals surface area contributed by atoms with Gasteiger partial charge in [-0.05, 0) is 43.9 Å². The van der Waals surface area contributed by atoms with Gasteiger partial charge in [-0.15, -0.1) is 24.9 Å². The van der Waals surface area contributed by atoms with Gasteiger partial charge in [-0.1, -0.05) is 59.1 Å². The molecule has 8 heteroatoms. The summed E-state index contributed by atoms with van der Waals surface area (Å²) in [5.74, 6) is -0.790. The molecule has 3 unspecified atom stereocenters. The Balaban J connectivity index is 1.81. The van der Waals surface area contributed by atoms with E-state index in [0.29, 0.717) is 26.1 Å². The summed E-state index contributed by atoms with van der Waals surface area (Å²) in [4.78, 5) is 49.2. The van der Waals surface area contributed by atoms with E-state index in [1.54, 1.807) is 28.8 Å². The second-order valence-electron chi connectivity index (χ2n) is 12.9. The van der Waals surface area contributed by atoms with Gasteiger partial charge in [0.05, 0.1) is 29.2 Å². The number of aliphatic hydroxyl groups excluding tert-OH is 1. The molecule has 40 heavy (non-hydrogen) atoms. The number of fused-ring (bicyclic) bond motifs is 1. The van der Waals surface area contributed by atoms with E-state index in [1.165, 1.54) is 6.42 Å².